The van der Waals surface area contributed by atoms with Crippen molar-refractivity contribution in [1.82, 2.24) is 9.47 Å². The van der Waals surface area contributed by atoms with E-state index in [1.807, 2.05) is 0 Å². The standard InChI is InChI=1S/C6H16N2Si/c1-7-3-5-8(9-2)6-4-7/h3-6,9H2,1-2H3. The van der Waals surface area contributed by atoms with Crippen molar-refractivity contribution in [1.29, 1.82) is 0 Å². The molecule has 0 unspecified atom stereocenters. The summed E-state index contributed by atoms with van der Waals surface area (Å²) in [6.07, 6.45) is 0. The fourth-order valence-corrected chi connectivity index (χ4v) is 2.08. The Morgan fingerprint density at radius 2 is 1.67 bits per heavy atom. The van der Waals surface area contributed by atoms with Crippen LogP contribution >= 0.6 is 0 Å². The van der Waals surface area contributed by atoms with E-state index < -0.39 is 0 Å². The molecule has 1 fully saturated rings. The minimum Gasteiger partial charge on any atom is -0.327 e. The molecular weight excluding hydrogens is 128 g/mol. The fourth-order valence-electron chi connectivity index (χ4n) is 1.16. The Bertz CT molecular complexity index is 79.1. The van der Waals surface area contributed by atoms with Crippen LogP contribution in [0, 0.1) is 0 Å². The molecule has 0 spiro atoms. The smallest absolute Gasteiger partial charge is 0.0921 e. The highest BCUT2D eigenvalue weighted by Gasteiger charge is 2.10. The Morgan fingerprint density at radius 1 is 1.11 bits per heavy atom. The van der Waals surface area contributed by atoms with Crippen molar-refractivity contribution in [2.45, 2.75) is 6.55 Å². The first-order chi connectivity index (χ1) is 4.33. The SMILES string of the molecule is C[SiH2]N1CCN(C)CC1. The van der Waals surface area contributed by atoms with E-state index in [1.165, 1.54) is 26.2 Å². The van der Waals surface area contributed by atoms with Crippen LogP contribution in [-0.4, -0.2) is 52.4 Å². The molecule has 3 heteroatoms. The zero-order chi connectivity index (χ0) is 6.69. The molecule has 0 bridgehead atoms. The molecule has 0 aliphatic carbocycles. The molecule has 2 nitrogen and oxygen atoms in total. The third kappa shape index (κ3) is 2.08. The van der Waals surface area contributed by atoms with Gasteiger partial charge in [-0.3, -0.25) is 0 Å². The van der Waals surface area contributed by atoms with E-state index in [0.717, 1.165) is 0 Å². The summed E-state index contributed by atoms with van der Waals surface area (Å²) in [5.74, 6) is 0. The lowest BCUT2D eigenvalue weighted by atomic mass is 10.4. The molecule has 1 aliphatic rings. The summed E-state index contributed by atoms with van der Waals surface area (Å²) in [7, 11) is 2.36. The maximum Gasteiger partial charge on any atom is 0.0921 e. The van der Waals surface area contributed by atoms with E-state index in [-0.39, 0.29) is 9.68 Å². The Hall–Kier alpha value is 0.137. The first-order valence-electron chi connectivity index (χ1n) is 3.74. The summed E-state index contributed by atoms with van der Waals surface area (Å²) in [4.78, 5) is 2.40. The van der Waals surface area contributed by atoms with E-state index >= 15 is 0 Å². The van der Waals surface area contributed by atoms with E-state index in [2.05, 4.69) is 23.1 Å². The zero-order valence-corrected chi connectivity index (χ0v) is 7.84. The van der Waals surface area contributed by atoms with Crippen LogP contribution in [0.4, 0.5) is 0 Å². The van der Waals surface area contributed by atoms with Crippen LogP contribution in [-0.2, 0) is 0 Å². The van der Waals surface area contributed by atoms with Crippen molar-refractivity contribution in [3.63, 3.8) is 0 Å². The molecular formula is C6H16N2Si. The number of likely N-dealkylation sites (N-methyl/N-ethyl adjacent to an activating group) is 1. The second-order valence-corrected chi connectivity index (χ2v) is 4.26. The summed E-state index contributed by atoms with van der Waals surface area (Å²) >= 11 is 0. The predicted octanol–water partition coefficient (Wildman–Crippen LogP) is -0.634. The van der Waals surface area contributed by atoms with Crippen LogP contribution in [0.1, 0.15) is 0 Å². The lowest BCUT2D eigenvalue weighted by molar-refractivity contribution is 0.224. The van der Waals surface area contributed by atoms with Gasteiger partial charge in [-0.1, -0.05) is 6.55 Å². The monoisotopic (exact) mass is 144 g/mol. The van der Waals surface area contributed by atoms with Crippen LogP contribution < -0.4 is 0 Å². The highest BCUT2D eigenvalue weighted by atomic mass is 28.2. The molecule has 1 rings (SSSR count). The highest BCUT2D eigenvalue weighted by Crippen LogP contribution is 1.95. The van der Waals surface area contributed by atoms with Gasteiger partial charge in [0.15, 0.2) is 0 Å². The fraction of sp³-hybridized carbons (Fsp3) is 1.00. The minimum absolute atomic E-state index is 0.152. The van der Waals surface area contributed by atoms with Gasteiger partial charge in [-0.05, 0) is 7.05 Å². The molecule has 1 heterocycles. The van der Waals surface area contributed by atoms with Gasteiger partial charge in [0.25, 0.3) is 0 Å². The topological polar surface area (TPSA) is 6.48 Å². The summed E-state index contributed by atoms with van der Waals surface area (Å²) in [5, 5.41) is 0. The Morgan fingerprint density at radius 3 is 2.11 bits per heavy atom. The molecule has 0 radical (unpaired) electrons. The zero-order valence-electron chi connectivity index (χ0n) is 6.43. The van der Waals surface area contributed by atoms with Gasteiger partial charge in [-0.25, -0.2) is 0 Å². The Kier molecular flexibility index (Phi) is 2.69. The molecule has 0 aromatic heterocycles. The third-order valence-electron chi connectivity index (χ3n) is 2.04. The van der Waals surface area contributed by atoms with Crippen molar-refractivity contribution < 1.29 is 0 Å². The first-order valence-corrected chi connectivity index (χ1v) is 5.78. The van der Waals surface area contributed by atoms with Gasteiger partial charge in [-0.2, -0.15) is 0 Å². The van der Waals surface area contributed by atoms with Crippen molar-refractivity contribution in [3.8, 4) is 0 Å². The third-order valence-corrected chi connectivity index (χ3v) is 3.57. The van der Waals surface area contributed by atoms with Crippen molar-refractivity contribution in [2.24, 2.45) is 0 Å². The first kappa shape index (κ1) is 7.25. The van der Waals surface area contributed by atoms with Gasteiger partial charge in [-0.15, -0.1) is 0 Å². The van der Waals surface area contributed by atoms with E-state index in [9.17, 15) is 0 Å². The number of hydrogen-bond acceptors (Lipinski definition) is 2. The van der Waals surface area contributed by atoms with Gasteiger partial charge < -0.3 is 9.47 Å². The van der Waals surface area contributed by atoms with Crippen molar-refractivity contribution in [2.75, 3.05) is 33.2 Å². The largest absolute Gasteiger partial charge is 0.327 e. The van der Waals surface area contributed by atoms with Crippen LogP contribution in [0.25, 0.3) is 0 Å². The number of nitrogens with zero attached hydrogens (tertiary/aromatic N) is 2. The average Bonchev–Trinajstić information content (AvgIpc) is 1.90. The van der Waals surface area contributed by atoms with Gasteiger partial charge in [0.2, 0.25) is 0 Å². The quantitative estimate of drug-likeness (QED) is 0.452. The maximum absolute atomic E-state index is 2.62. The Labute approximate surface area is 59.7 Å². The highest BCUT2D eigenvalue weighted by molar-refractivity contribution is 6.29. The van der Waals surface area contributed by atoms with Crippen molar-refractivity contribution in [3.05, 3.63) is 0 Å². The van der Waals surface area contributed by atoms with Crippen LogP contribution in [0.3, 0.4) is 0 Å². The van der Waals surface area contributed by atoms with Crippen molar-refractivity contribution >= 4 is 9.68 Å². The van der Waals surface area contributed by atoms with Gasteiger partial charge in [0, 0.05) is 26.2 Å². The summed E-state index contributed by atoms with van der Waals surface area (Å²) in [5.41, 5.74) is 0. The molecule has 0 saturated carbocycles. The lowest BCUT2D eigenvalue weighted by Crippen LogP contribution is -2.45. The summed E-state index contributed by atoms with van der Waals surface area (Å²) in [6.45, 7) is 7.56. The second kappa shape index (κ2) is 3.34. The summed E-state index contributed by atoms with van der Waals surface area (Å²) < 4.78 is 2.62. The normalized spacial score (nSPS) is 26.0. The summed E-state index contributed by atoms with van der Waals surface area (Å²) in [6, 6.07) is 0. The molecule has 0 aromatic rings. The molecule has 0 N–H and O–H groups in total. The molecule has 1 aliphatic heterocycles. The van der Waals surface area contributed by atoms with Crippen LogP contribution in [0.15, 0.2) is 0 Å². The van der Waals surface area contributed by atoms with Gasteiger partial charge in [0.1, 0.15) is 0 Å². The average molecular weight is 144 g/mol. The van der Waals surface area contributed by atoms with E-state index in [0.29, 0.717) is 0 Å². The second-order valence-electron chi connectivity index (χ2n) is 2.74. The minimum atomic E-state index is 0.152. The van der Waals surface area contributed by atoms with Crippen LogP contribution in [0.5, 0.6) is 0 Å². The molecule has 0 amide bonds. The molecule has 0 aromatic carbocycles. The molecule has 9 heavy (non-hydrogen) atoms. The Balaban J connectivity index is 2.18. The maximum atomic E-state index is 2.62. The molecule has 54 valence electrons. The van der Waals surface area contributed by atoms with Gasteiger partial charge >= 0.3 is 0 Å². The predicted molar refractivity (Wildman–Crippen MR) is 43.5 cm³/mol. The van der Waals surface area contributed by atoms with Gasteiger partial charge in [0.05, 0.1) is 9.68 Å². The molecule has 0 atom stereocenters. The molecule has 1 saturated heterocycles. The number of hydrogen-bond donors (Lipinski definition) is 0. The van der Waals surface area contributed by atoms with E-state index in [4.69, 9.17) is 0 Å². The number of rotatable bonds is 1. The lowest BCUT2D eigenvalue weighted by Gasteiger charge is -2.31. The number of piperazine rings is 1. The van der Waals surface area contributed by atoms with Crippen LogP contribution in [0.2, 0.25) is 6.55 Å². The van der Waals surface area contributed by atoms with E-state index in [1.54, 1.807) is 0 Å².